The van der Waals surface area contributed by atoms with Crippen molar-refractivity contribution in [1.82, 2.24) is 14.3 Å². The molecule has 3 aromatic rings. The molecule has 7 heteroatoms. The molecule has 0 spiro atoms. The average molecular weight is 443 g/mol. The average Bonchev–Trinajstić information content (AvgIpc) is 3.02. The van der Waals surface area contributed by atoms with Gasteiger partial charge in [-0.2, -0.15) is 5.10 Å². The quantitative estimate of drug-likeness (QED) is 0.662. The summed E-state index contributed by atoms with van der Waals surface area (Å²) < 4.78 is 3.83. The molecule has 0 unspecified atom stereocenters. The van der Waals surface area contributed by atoms with E-state index in [9.17, 15) is 9.59 Å². The van der Waals surface area contributed by atoms with E-state index in [4.69, 9.17) is 5.10 Å². The second-order valence-corrected chi connectivity index (χ2v) is 8.69. The van der Waals surface area contributed by atoms with E-state index in [-0.39, 0.29) is 23.4 Å². The van der Waals surface area contributed by atoms with Crippen molar-refractivity contribution in [1.29, 1.82) is 0 Å². The predicted molar refractivity (Wildman–Crippen MR) is 114 cm³/mol. The number of hydrogen-bond donors (Lipinski definition) is 1. The van der Waals surface area contributed by atoms with Crippen LogP contribution in [0, 0.1) is 6.92 Å². The van der Waals surface area contributed by atoms with E-state index < -0.39 is 0 Å². The first-order valence-electron chi connectivity index (χ1n) is 8.97. The fourth-order valence-electron chi connectivity index (χ4n) is 2.76. The molecule has 0 saturated heterocycles. The summed E-state index contributed by atoms with van der Waals surface area (Å²) in [5.74, 6) is 0.276. The van der Waals surface area contributed by atoms with Crippen molar-refractivity contribution in [2.24, 2.45) is 0 Å². The maximum Gasteiger partial charge on any atom is 0.251 e. The number of aryl methyl sites for hydroxylation is 1. The molecule has 1 N–H and O–H groups in total. The second kappa shape index (κ2) is 7.75. The molecular weight excluding hydrogens is 420 g/mol. The van der Waals surface area contributed by atoms with Crippen LogP contribution in [0.15, 0.2) is 57.9 Å². The molecule has 0 atom stereocenters. The predicted octanol–water partition coefficient (Wildman–Crippen LogP) is 4.04. The number of halogens is 1. The Bertz CT molecular complexity index is 1080. The van der Waals surface area contributed by atoms with E-state index in [2.05, 4.69) is 42.0 Å². The van der Waals surface area contributed by atoms with Crippen LogP contribution in [0.3, 0.4) is 0 Å². The zero-order valence-electron chi connectivity index (χ0n) is 16.4. The lowest BCUT2D eigenvalue weighted by Gasteiger charge is -2.14. The van der Waals surface area contributed by atoms with Gasteiger partial charge in [0.25, 0.3) is 5.56 Å². The highest BCUT2D eigenvalue weighted by Gasteiger charge is 2.21. The number of aromatic nitrogens is 3. The summed E-state index contributed by atoms with van der Waals surface area (Å²) in [5, 5.41) is 7.61. The van der Waals surface area contributed by atoms with Gasteiger partial charge in [-0.05, 0) is 46.6 Å². The minimum atomic E-state index is -0.297. The molecular formula is C21H23BrN4O2. The zero-order valence-corrected chi connectivity index (χ0v) is 17.9. The lowest BCUT2D eigenvalue weighted by atomic mass is 9.92. The van der Waals surface area contributed by atoms with Gasteiger partial charge in [0.2, 0.25) is 5.91 Å². The molecule has 2 aromatic heterocycles. The number of anilines is 1. The number of carbonyl (C=O) groups excluding carboxylic acids is 1. The van der Waals surface area contributed by atoms with Crippen LogP contribution in [0.5, 0.6) is 0 Å². The van der Waals surface area contributed by atoms with Crippen molar-refractivity contribution in [3.05, 3.63) is 74.7 Å². The monoisotopic (exact) mass is 442 g/mol. The molecule has 0 aliphatic heterocycles. The summed E-state index contributed by atoms with van der Waals surface area (Å²) in [4.78, 5) is 24.6. The van der Waals surface area contributed by atoms with Gasteiger partial charge in [-0.15, -0.1) is 0 Å². The summed E-state index contributed by atoms with van der Waals surface area (Å²) in [7, 11) is 0. The van der Waals surface area contributed by atoms with Crippen LogP contribution in [0.25, 0.3) is 5.69 Å². The van der Waals surface area contributed by atoms with Crippen LogP contribution in [0.1, 0.15) is 32.0 Å². The fraction of sp³-hybridized carbons (Fsp3) is 0.286. The van der Waals surface area contributed by atoms with E-state index in [0.29, 0.717) is 5.82 Å². The summed E-state index contributed by atoms with van der Waals surface area (Å²) in [6.45, 7) is 8.14. The normalized spacial score (nSPS) is 11.5. The second-order valence-electron chi connectivity index (χ2n) is 7.78. The molecule has 0 aliphatic carbocycles. The van der Waals surface area contributed by atoms with Crippen molar-refractivity contribution in [2.75, 3.05) is 5.32 Å². The number of rotatable bonds is 4. The highest BCUT2D eigenvalue weighted by atomic mass is 79.9. The Hall–Kier alpha value is -2.67. The van der Waals surface area contributed by atoms with Gasteiger partial charge in [0.1, 0.15) is 12.4 Å². The van der Waals surface area contributed by atoms with E-state index in [0.717, 1.165) is 21.4 Å². The van der Waals surface area contributed by atoms with Gasteiger partial charge in [-0.1, -0.05) is 32.9 Å². The van der Waals surface area contributed by atoms with Gasteiger partial charge in [0, 0.05) is 28.2 Å². The topological polar surface area (TPSA) is 68.9 Å². The first-order chi connectivity index (χ1) is 13.1. The summed E-state index contributed by atoms with van der Waals surface area (Å²) in [6, 6.07) is 12.9. The van der Waals surface area contributed by atoms with Gasteiger partial charge in [0.15, 0.2) is 0 Å². The SMILES string of the molecule is Cc1cccc(-n2nc(C(C)(C)C)cc2NC(=O)Cn2cc(Br)ccc2=O)c1. The minimum absolute atomic E-state index is 0.0812. The first kappa shape index (κ1) is 20.1. The largest absolute Gasteiger partial charge is 0.309 e. The van der Waals surface area contributed by atoms with Crippen LogP contribution in [-0.4, -0.2) is 20.3 Å². The Morgan fingerprint density at radius 2 is 1.93 bits per heavy atom. The number of benzene rings is 1. The Morgan fingerprint density at radius 3 is 2.61 bits per heavy atom. The molecule has 2 heterocycles. The Kier molecular flexibility index (Phi) is 5.56. The Morgan fingerprint density at radius 1 is 1.18 bits per heavy atom. The summed E-state index contributed by atoms with van der Waals surface area (Å²) in [6.07, 6.45) is 1.60. The van der Waals surface area contributed by atoms with Gasteiger partial charge < -0.3 is 9.88 Å². The number of nitrogens with zero attached hydrogens (tertiary/aromatic N) is 3. The minimum Gasteiger partial charge on any atom is -0.309 e. The molecule has 1 amide bonds. The highest BCUT2D eigenvalue weighted by molar-refractivity contribution is 9.10. The molecule has 6 nitrogen and oxygen atoms in total. The van der Waals surface area contributed by atoms with Crippen molar-refractivity contribution >= 4 is 27.7 Å². The van der Waals surface area contributed by atoms with Crippen molar-refractivity contribution in [3.63, 3.8) is 0 Å². The lowest BCUT2D eigenvalue weighted by Crippen LogP contribution is -2.27. The fourth-order valence-corrected chi connectivity index (χ4v) is 3.14. The summed E-state index contributed by atoms with van der Waals surface area (Å²) in [5.41, 5.74) is 2.43. The van der Waals surface area contributed by atoms with Gasteiger partial charge in [-0.3, -0.25) is 9.59 Å². The number of amides is 1. The van der Waals surface area contributed by atoms with E-state index >= 15 is 0 Å². The van der Waals surface area contributed by atoms with Gasteiger partial charge in [0.05, 0.1) is 11.4 Å². The standard InChI is InChI=1S/C21H23BrN4O2/c1-14-6-5-7-16(10-14)26-18(11-17(24-26)21(2,3)4)23-19(27)13-25-12-15(22)8-9-20(25)28/h5-12H,13H2,1-4H3,(H,23,27). The molecule has 0 fully saturated rings. The molecule has 0 saturated carbocycles. The summed E-state index contributed by atoms with van der Waals surface area (Å²) >= 11 is 3.32. The molecule has 3 rings (SSSR count). The van der Waals surface area contributed by atoms with Crippen LogP contribution < -0.4 is 10.9 Å². The van der Waals surface area contributed by atoms with Crippen LogP contribution >= 0.6 is 15.9 Å². The lowest BCUT2D eigenvalue weighted by molar-refractivity contribution is -0.116. The molecule has 28 heavy (non-hydrogen) atoms. The number of carbonyl (C=O) groups is 1. The first-order valence-corrected chi connectivity index (χ1v) is 9.76. The molecule has 0 aliphatic rings. The molecule has 0 radical (unpaired) electrons. The zero-order chi connectivity index (χ0) is 20.5. The molecule has 1 aromatic carbocycles. The van der Waals surface area contributed by atoms with Gasteiger partial charge >= 0.3 is 0 Å². The van der Waals surface area contributed by atoms with Crippen molar-refractivity contribution in [2.45, 2.75) is 39.7 Å². The third-order valence-electron chi connectivity index (χ3n) is 4.25. The number of pyridine rings is 1. The molecule has 146 valence electrons. The smallest absolute Gasteiger partial charge is 0.251 e. The number of hydrogen-bond acceptors (Lipinski definition) is 3. The third kappa shape index (κ3) is 4.59. The third-order valence-corrected chi connectivity index (χ3v) is 4.72. The van der Waals surface area contributed by atoms with E-state index in [1.807, 2.05) is 37.3 Å². The van der Waals surface area contributed by atoms with Gasteiger partial charge in [-0.25, -0.2) is 4.68 Å². The molecule has 0 bridgehead atoms. The van der Waals surface area contributed by atoms with Crippen LogP contribution in [0.4, 0.5) is 5.82 Å². The Balaban J connectivity index is 1.94. The number of nitrogens with one attached hydrogen (secondary N) is 1. The Labute approximate surface area is 172 Å². The maximum absolute atomic E-state index is 12.6. The maximum atomic E-state index is 12.6. The van der Waals surface area contributed by atoms with Crippen molar-refractivity contribution in [3.8, 4) is 5.69 Å². The van der Waals surface area contributed by atoms with E-state index in [1.165, 1.54) is 10.6 Å². The van der Waals surface area contributed by atoms with Crippen LogP contribution in [-0.2, 0) is 16.8 Å². The highest BCUT2D eigenvalue weighted by Crippen LogP contribution is 2.26. The van der Waals surface area contributed by atoms with Crippen molar-refractivity contribution < 1.29 is 4.79 Å². The van der Waals surface area contributed by atoms with E-state index in [1.54, 1.807) is 16.9 Å². The van der Waals surface area contributed by atoms with Crippen LogP contribution in [0.2, 0.25) is 0 Å².